The summed E-state index contributed by atoms with van der Waals surface area (Å²) in [6.07, 6.45) is 4.59. The number of nitrogens with one attached hydrogen (secondary N) is 1. The molecule has 1 heterocycles. The molecule has 0 radical (unpaired) electrons. The van der Waals surface area contributed by atoms with Crippen molar-refractivity contribution in [3.05, 3.63) is 18.1 Å². The van der Waals surface area contributed by atoms with Crippen LogP contribution in [0.15, 0.2) is 12.4 Å². The number of nitrogens with zero attached hydrogens (tertiary/aromatic N) is 3. The van der Waals surface area contributed by atoms with Crippen molar-refractivity contribution in [1.29, 1.82) is 0 Å². The van der Waals surface area contributed by atoms with Crippen molar-refractivity contribution >= 4 is 15.7 Å². The first-order valence-corrected chi connectivity index (χ1v) is 7.89. The van der Waals surface area contributed by atoms with E-state index in [0.29, 0.717) is 18.9 Å². The number of anilines is 1. The summed E-state index contributed by atoms with van der Waals surface area (Å²) in [7, 11) is -1.14. The summed E-state index contributed by atoms with van der Waals surface area (Å²) in [6, 6.07) is 0. The molecule has 0 aliphatic rings. The molecule has 0 atom stereocenters. The van der Waals surface area contributed by atoms with Crippen LogP contribution in [0.3, 0.4) is 0 Å². The number of sulfone groups is 1. The minimum Gasteiger partial charge on any atom is -0.357 e. The fourth-order valence-electron chi connectivity index (χ4n) is 1.31. The molecule has 0 saturated carbocycles. The van der Waals surface area contributed by atoms with Crippen LogP contribution in [0.25, 0.3) is 0 Å². The third kappa shape index (κ3) is 5.42. The Balaban J connectivity index is 2.56. The minimum atomic E-state index is -2.95. The van der Waals surface area contributed by atoms with Crippen molar-refractivity contribution in [2.75, 3.05) is 37.0 Å². The van der Waals surface area contributed by atoms with Gasteiger partial charge in [-0.15, -0.1) is 0 Å². The Labute approximate surface area is 108 Å². The van der Waals surface area contributed by atoms with Crippen LogP contribution >= 0.6 is 0 Å². The maximum Gasteiger partial charge on any atom is 0.149 e. The molecule has 18 heavy (non-hydrogen) atoms. The van der Waals surface area contributed by atoms with Gasteiger partial charge in [0, 0.05) is 26.4 Å². The van der Waals surface area contributed by atoms with Crippen molar-refractivity contribution in [1.82, 2.24) is 15.3 Å². The van der Waals surface area contributed by atoms with E-state index in [9.17, 15) is 8.42 Å². The molecule has 0 saturated heterocycles. The molecule has 1 N–H and O–H groups in total. The molecular formula is C11H20N4O2S. The quantitative estimate of drug-likeness (QED) is 0.757. The Kier molecular flexibility index (Phi) is 5.49. The molecule has 0 amide bonds. The summed E-state index contributed by atoms with van der Waals surface area (Å²) in [5, 5.41) is 3.16. The zero-order valence-corrected chi connectivity index (χ0v) is 11.9. The highest BCUT2D eigenvalue weighted by Crippen LogP contribution is 2.06. The second-order valence-electron chi connectivity index (χ2n) is 4.20. The smallest absolute Gasteiger partial charge is 0.149 e. The molecular weight excluding hydrogens is 252 g/mol. The Morgan fingerprint density at radius 3 is 2.56 bits per heavy atom. The predicted molar refractivity (Wildman–Crippen MR) is 72.4 cm³/mol. The minimum absolute atomic E-state index is 0.115. The Morgan fingerprint density at radius 1 is 1.33 bits per heavy atom. The van der Waals surface area contributed by atoms with Gasteiger partial charge in [0.05, 0.1) is 23.8 Å². The lowest BCUT2D eigenvalue weighted by Gasteiger charge is -2.17. The van der Waals surface area contributed by atoms with E-state index in [1.807, 2.05) is 6.92 Å². The molecule has 6 nitrogen and oxygen atoms in total. The summed E-state index contributed by atoms with van der Waals surface area (Å²) < 4.78 is 22.1. The monoisotopic (exact) mass is 272 g/mol. The third-order valence-corrected chi connectivity index (χ3v) is 3.36. The van der Waals surface area contributed by atoms with Crippen molar-refractivity contribution < 1.29 is 8.42 Å². The van der Waals surface area contributed by atoms with Crippen LogP contribution in [0.5, 0.6) is 0 Å². The van der Waals surface area contributed by atoms with E-state index in [2.05, 4.69) is 15.3 Å². The van der Waals surface area contributed by atoms with Crippen molar-refractivity contribution in [3.8, 4) is 0 Å². The highest BCUT2D eigenvalue weighted by molar-refractivity contribution is 7.90. The molecule has 1 rings (SSSR count). The molecule has 1 aromatic heterocycles. The van der Waals surface area contributed by atoms with Crippen molar-refractivity contribution in [2.45, 2.75) is 13.5 Å². The largest absolute Gasteiger partial charge is 0.357 e. The van der Waals surface area contributed by atoms with Gasteiger partial charge in [0.2, 0.25) is 0 Å². The van der Waals surface area contributed by atoms with E-state index in [1.165, 1.54) is 6.26 Å². The second kappa shape index (κ2) is 6.65. The maximum absolute atomic E-state index is 11.1. The van der Waals surface area contributed by atoms with Crippen LogP contribution in [0.1, 0.15) is 12.6 Å². The lowest BCUT2D eigenvalue weighted by Crippen LogP contribution is -2.26. The predicted octanol–water partition coefficient (Wildman–Crippen LogP) is 0.0669. The van der Waals surface area contributed by atoms with Gasteiger partial charge in [-0.1, -0.05) is 6.92 Å². The zero-order chi connectivity index (χ0) is 13.6. The topological polar surface area (TPSA) is 75.2 Å². The van der Waals surface area contributed by atoms with E-state index in [-0.39, 0.29) is 5.75 Å². The van der Waals surface area contributed by atoms with Crippen LogP contribution in [-0.2, 0) is 16.4 Å². The molecule has 0 aliphatic heterocycles. The van der Waals surface area contributed by atoms with E-state index in [0.717, 1.165) is 12.2 Å². The summed E-state index contributed by atoms with van der Waals surface area (Å²) >= 11 is 0. The van der Waals surface area contributed by atoms with E-state index >= 15 is 0 Å². The van der Waals surface area contributed by atoms with Crippen molar-refractivity contribution in [2.24, 2.45) is 0 Å². The molecule has 7 heteroatoms. The van der Waals surface area contributed by atoms with E-state index < -0.39 is 9.84 Å². The highest BCUT2D eigenvalue weighted by Gasteiger charge is 2.07. The molecule has 0 aliphatic carbocycles. The van der Waals surface area contributed by atoms with Gasteiger partial charge >= 0.3 is 0 Å². The van der Waals surface area contributed by atoms with Gasteiger partial charge in [0.25, 0.3) is 0 Å². The molecule has 0 aromatic carbocycles. The maximum atomic E-state index is 11.1. The van der Waals surface area contributed by atoms with Crippen molar-refractivity contribution in [3.63, 3.8) is 0 Å². The highest BCUT2D eigenvalue weighted by atomic mass is 32.2. The van der Waals surface area contributed by atoms with Gasteiger partial charge in [0.1, 0.15) is 15.7 Å². The lowest BCUT2D eigenvalue weighted by molar-refractivity contribution is 0.601. The second-order valence-corrected chi connectivity index (χ2v) is 6.46. The van der Waals surface area contributed by atoms with Crippen LogP contribution in [-0.4, -0.2) is 50.5 Å². The normalized spacial score (nSPS) is 11.5. The number of rotatable bonds is 7. The molecule has 0 spiro atoms. The molecule has 1 aromatic rings. The fourth-order valence-corrected chi connectivity index (χ4v) is 1.91. The van der Waals surface area contributed by atoms with Crippen LogP contribution in [0.4, 0.5) is 5.82 Å². The van der Waals surface area contributed by atoms with Gasteiger partial charge < -0.3 is 10.2 Å². The first kappa shape index (κ1) is 14.8. The zero-order valence-electron chi connectivity index (χ0n) is 11.0. The number of hydrogen-bond acceptors (Lipinski definition) is 6. The summed E-state index contributed by atoms with van der Waals surface area (Å²) in [6.45, 7) is 4.02. The van der Waals surface area contributed by atoms with Crippen LogP contribution in [0, 0.1) is 0 Å². The van der Waals surface area contributed by atoms with E-state index in [4.69, 9.17) is 0 Å². The van der Waals surface area contributed by atoms with Gasteiger partial charge in [0.15, 0.2) is 0 Å². The Hall–Kier alpha value is -1.21. The van der Waals surface area contributed by atoms with Gasteiger partial charge in [-0.05, 0) is 6.54 Å². The van der Waals surface area contributed by atoms with Gasteiger partial charge in [-0.2, -0.15) is 0 Å². The summed E-state index contributed by atoms with van der Waals surface area (Å²) in [4.78, 5) is 10.3. The number of hydrogen-bond donors (Lipinski definition) is 1. The first-order valence-electron chi connectivity index (χ1n) is 5.83. The van der Waals surface area contributed by atoms with Crippen LogP contribution in [0.2, 0.25) is 0 Å². The molecule has 102 valence electrons. The average molecular weight is 272 g/mol. The SMILES string of the molecule is CCNCc1cnc(N(C)CCS(C)(=O)=O)cn1. The molecule has 0 unspecified atom stereocenters. The average Bonchev–Trinajstić information content (AvgIpc) is 2.33. The third-order valence-electron chi connectivity index (χ3n) is 2.44. The van der Waals surface area contributed by atoms with Gasteiger partial charge in [-0.25, -0.2) is 13.4 Å². The Bertz CT molecular complexity index is 458. The van der Waals surface area contributed by atoms with Gasteiger partial charge in [-0.3, -0.25) is 4.98 Å². The molecule has 0 fully saturated rings. The fraction of sp³-hybridized carbons (Fsp3) is 0.636. The number of aromatic nitrogens is 2. The summed E-state index contributed by atoms with van der Waals surface area (Å²) in [5.74, 6) is 0.795. The van der Waals surface area contributed by atoms with E-state index in [1.54, 1.807) is 24.3 Å². The van der Waals surface area contributed by atoms with Crippen LogP contribution < -0.4 is 10.2 Å². The molecule has 0 bridgehead atoms. The standard InChI is InChI=1S/C11H20N4O2S/c1-4-12-7-10-8-14-11(9-13-10)15(2)5-6-18(3,16)17/h8-9,12H,4-7H2,1-3H3. The first-order chi connectivity index (χ1) is 8.42. The summed E-state index contributed by atoms with van der Waals surface area (Å²) in [5.41, 5.74) is 0.872. The Morgan fingerprint density at radius 2 is 2.06 bits per heavy atom. The lowest BCUT2D eigenvalue weighted by atomic mass is 10.4.